The smallest absolute Gasteiger partial charge is 0.305 e. The maximum absolute atomic E-state index is 11.9. The van der Waals surface area contributed by atoms with Gasteiger partial charge in [-0.3, -0.25) is 9.59 Å². The maximum atomic E-state index is 11.9. The van der Waals surface area contributed by atoms with E-state index in [2.05, 4.69) is 6.92 Å². The predicted octanol–water partition coefficient (Wildman–Crippen LogP) is 4.70. The van der Waals surface area contributed by atoms with Crippen molar-refractivity contribution in [3.63, 3.8) is 0 Å². The van der Waals surface area contributed by atoms with Crippen molar-refractivity contribution in [2.75, 3.05) is 13.2 Å². The van der Waals surface area contributed by atoms with Crippen LogP contribution in [0.2, 0.25) is 0 Å². The molecule has 0 aliphatic heterocycles. The summed E-state index contributed by atoms with van der Waals surface area (Å²) < 4.78 is 10.7. The summed E-state index contributed by atoms with van der Waals surface area (Å²) in [6, 6.07) is 6.56. The lowest BCUT2D eigenvalue weighted by atomic mass is 9.97. The van der Waals surface area contributed by atoms with Crippen LogP contribution in [-0.2, 0) is 9.53 Å². The summed E-state index contributed by atoms with van der Waals surface area (Å²) in [5.74, 6) is 0.0667. The molecule has 0 aliphatic rings. The maximum Gasteiger partial charge on any atom is 0.305 e. The first-order chi connectivity index (χ1) is 12.8. The summed E-state index contributed by atoms with van der Waals surface area (Å²) in [6.07, 6.45) is 8.66. The molecule has 0 amide bonds. The van der Waals surface area contributed by atoms with Crippen LogP contribution in [0.3, 0.4) is 0 Å². The number of ketones is 1. The Hall–Kier alpha value is -1.88. The molecule has 0 unspecified atom stereocenters. The molecule has 0 heterocycles. The molecule has 152 valence electrons. The van der Waals surface area contributed by atoms with E-state index in [0.29, 0.717) is 17.7 Å². The Morgan fingerprint density at radius 2 is 1.52 bits per heavy atom. The first-order valence-electron chi connectivity index (χ1n) is 10.00. The molecule has 27 heavy (non-hydrogen) atoms. The van der Waals surface area contributed by atoms with E-state index in [1.165, 1.54) is 46.0 Å². The molecule has 5 heteroatoms. The highest BCUT2D eigenvalue weighted by molar-refractivity contribution is 6.01. The van der Waals surface area contributed by atoms with Gasteiger partial charge >= 0.3 is 5.97 Å². The van der Waals surface area contributed by atoms with Gasteiger partial charge in [-0.2, -0.15) is 0 Å². The van der Waals surface area contributed by atoms with Crippen LogP contribution in [0.5, 0.6) is 5.75 Å². The predicted molar refractivity (Wildman–Crippen MR) is 106 cm³/mol. The molecule has 0 aliphatic carbocycles. The van der Waals surface area contributed by atoms with Crippen LogP contribution >= 0.6 is 0 Å². The van der Waals surface area contributed by atoms with Crippen molar-refractivity contribution in [1.82, 2.24) is 0 Å². The van der Waals surface area contributed by atoms with Crippen molar-refractivity contribution in [1.29, 1.82) is 0 Å². The molecule has 1 N–H and O–H groups in total. The molecule has 0 bridgehead atoms. The minimum Gasteiger partial charge on any atom is -0.490 e. The number of ether oxygens (including phenoxy) is 2. The van der Waals surface area contributed by atoms with Crippen LogP contribution in [-0.4, -0.2) is 35.7 Å². The summed E-state index contributed by atoms with van der Waals surface area (Å²) in [5, 5.41) is 9.73. The van der Waals surface area contributed by atoms with Crippen molar-refractivity contribution in [2.24, 2.45) is 0 Å². The zero-order chi connectivity index (χ0) is 20.1. The lowest BCUT2D eigenvalue weighted by Crippen LogP contribution is -2.30. The van der Waals surface area contributed by atoms with Crippen LogP contribution in [0.4, 0.5) is 0 Å². The molecule has 1 rings (SSSR count). The molecular weight excluding hydrogens is 344 g/mol. The quantitative estimate of drug-likeness (QED) is 0.288. The topological polar surface area (TPSA) is 72.8 Å². The van der Waals surface area contributed by atoms with E-state index in [9.17, 15) is 14.7 Å². The van der Waals surface area contributed by atoms with Crippen molar-refractivity contribution in [3.8, 4) is 5.75 Å². The number of esters is 1. The number of rotatable bonds is 14. The first kappa shape index (κ1) is 23.2. The first-order valence-corrected chi connectivity index (χ1v) is 10.00. The summed E-state index contributed by atoms with van der Waals surface area (Å²) in [5.41, 5.74) is -0.970. The standard InChI is InChI=1S/C22H34O5/c1-4-5-6-7-8-9-10-11-20(23)27-17-16-26-19-14-12-18(13-15-19)21(24)22(2,3)25/h12-15,25H,4-11,16-17H2,1-3H3. The number of aliphatic hydroxyl groups is 1. The number of benzene rings is 1. The van der Waals surface area contributed by atoms with Gasteiger partial charge in [-0.25, -0.2) is 0 Å². The summed E-state index contributed by atoms with van der Waals surface area (Å²) >= 11 is 0. The second-order valence-electron chi connectivity index (χ2n) is 7.35. The fraction of sp³-hybridized carbons (Fsp3) is 0.636. The van der Waals surface area contributed by atoms with E-state index in [1.807, 2.05) is 0 Å². The van der Waals surface area contributed by atoms with Crippen LogP contribution < -0.4 is 4.74 Å². The molecule has 5 nitrogen and oxygen atoms in total. The van der Waals surface area contributed by atoms with Gasteiger partial charge in [0, 0.05) is 12.0 Å². The van der Waals surface area contributed by atoms with Crippen molar-refractivity contribution in [3.05, 3.63) is 29.8 Å². The van der Waals surface area contributed by atoms with E-state index in [0.717, 1.165) is 12.8 Å². The zero-order valence-electron chi connectivity index (χ0n) is 17.0. The molecule has 0 saturated heterocycles. The Labute approximate surface area is 163 Å². The van der Waals surface area contributed by atoms with Gasteiger partial charge in [-0.15, -0.1) is 0 Å². The molecule has 0 saturated carbocycles. The summed E-state index contributed by atoms with van der Waals surface area (Å²) in [7, 11) is 0. The lowest BCUT2D eigenvalue weighted by Gasteiger charge is -2.15. The fourth-order valence-corrected chi connectivity index (χ4v) is 2.67. The van der Waals surface area contributed by atoms with Gasteiger partial charge in [0.1, 0.15) is 24.6 Å². The van der Waals surface area contributed by atoms with Crippen LogP contribution in [0, 0.1) is 0 Å². The highest BCUT2D eigenvalue weighted by Gasteiger charge is 2.24. The van der Waals surface area contributed by atoms with Crippen LogP contribution in [0.15, 0.2) is 24.3 Å². The second-order valence-corrected chi connectivity index (χ2v) is 7.35. The van der Waals surface area contributed by atoms with Gasteiger partial charge in [0.15, 0.2) is 5.78 Å². The molecule has 1 aromatic carbocycles. The Bertz CT molecular complexity index is 557. The highest BCUT2D eigenvalue weighted by Crippen LogP contribution is 2.17. The average Bonchev–Trinajstić information content (AvgIpc) is 2.63. The monoisotopic (exact) mass is 378 g/mol. The molecule has 0 radical (unpaired) electrons. The minimum absolute atomic E-state index is 0.182. The molecule has 0 aromatic heterocycles. The van der Waals surface area contributed by atoms with Gasteiger partial charge in [0.2, 0.25) is 0 Å². The second kappa shape index (κ2) is 12.5. The molecule has 1 aromatic rings. The third kappa shape index (κ3) is 10.1. The largest absolute Gasteiger partial charge is 0.490 e. The minimum atomic E-state index is -1.40. The Morgan fingerprint density at radius 1 is 0.926 bits per heavy atom. The third-order valence-corrected chi connectivity index (χ3v) is 4.27. The molecular formula is C22H34O5. The summed E-state index contributed by atoms with van der Waals surface area (Å²) in [4.78, 5) is 23.6. The van der Waals surface area contributed by atoms with Crippen molar-refractivity contribution >= 4 is 11.8 Å². The van der Waals surface area contributed by atoms with Gasteiger partial charge in [0.25, 0.3) is 0 Å². The van der Waals surface area contributed by atoms with Gasteiger partial charge in [-0.1, -0.05) is 45.4 Å². The number of Topliss-reactive ketones (excluding diaryl/α,β-unsaturated/α-hetero) is 1. The lowest BCUT2D eigenvalue weighted by molar-refractivity contribution is -0.144. The van der Waals surface area contributed by atoms with Gasteiger partial charge < -0.3 is 14.6 Å². The van der Waals surface area contributed by atoms with E-state index < -0.39 is 5.60 Å². The zero-order valence-corrected chi connectivity index (χ0v) is 17.0. The fourth-order valence-electron chi connectivity index (χ4n) is 2.67. The average molecular weight is 379 g/mol. The van der Waals surface area contributed by atoms with E-state index >= 15 is 0 Å². The third-order valence-electron chi connectivity index (χ3n) is 4.27. The highest BCUT2D eigenvalue weighted by atomic mass is 16.6. The number of carbonyl (C=O) groups excluding carboxylic acids is 2. The van der Waals surface area contributed by atoms with E-state index in [1.54, 1.807) is 24.3 Å². The SMILES string of the molecule is CCCCCCCCCC(=O)OCCOc1ccc(C(=O)C(C)(C)O)cc1. The van der Waals surface area contributed by atoms with Crippen LogP contribution in [0.25, 0.3) is 0 Å². The number of hydrogen-bond acceptors (Lipinski definition) is 5. The molecule has 0 atom stereocenters. The number of hydrogen-bond donors (Lipinski definition) is 1. The van der Waals surface area contributed by atoms with Gasteiger partial charge in [-0.05, 0) is 44.5 Å². The Balaban J connectivity index is 2.14. The number of carbonyl (C=O) groups is 2. The van der Waals surface area contributed by atoms with Crippen molar-refractivity contribution in [2.45, 2.75) is 77.7 Å². The Morgan fingerprint density at radius 3 is 2.11 bits per heavy atom. The Kier molecular flexibility index (Phi) is 10.7. The van der Waals surface area contributed by atoms with E-state index in [4.69, 9.17) is 9.47 Å². The number of unbranched alkanes of at least 4 members (excludes halogenated alkanes) is 6. The summed E-state index contributed by atoms with van der Waals surface area (Å²) in [6.45, 7) is 5.59. The van der Waals surface area contributed by atoms with Crippen molar-refractivity contribution < 1.29 is 24.2 Å². The molecule has 0 fully saturated rings. The van der Waals surface area contributed by atoms with Crippen LogP contribution in [0.1, 0.15) is 82.5 Å². The van der Waals surface area contributed by atoms with Gasteiger partial charge in [0.05, 0.1) is 0 Å². The molecule has 0 spiro atoms. The van der Waals surface area contributed by atoms with E-state index in [-0.39, 0.29) is 25.0 Å². The normalized spacial score (nSPS) is 11.3.